The summed E-state index contributed by atoms with van der Waals surface area (Å²) in [4.78, 5) is 20.8. The molecule has 1 heterocycles. The molecule has 1 aliphatic rings. The maximum Gasteiger partial charge on any atom is 0.254 e. The van der Waals surface area contributed by atoms with Crippen molar-refractivity contribution in [3.05, 3.63) is 36.2 Å². The van der Waals surface area contributed by atoms with Crippen LogP contribution in [0.2, 0.25) is 0 Å². The lowest BCUT2D eigenvalue weighted by atomic mass is 9.78. The highest BCUT2D eigenvalue weighted by Crippen LogP contribution is 2.33. The van der Waals surface area contributed by atoms with Crippen LogP contribution in [0.3, 0.4) is 0 Å². The van der Waals surface area contributed by atoms with Crippen molar-refractivity contribution in [2.45, 2.75) is 24.8 Å². The molecule has 3 rings (SSSR count). The Kier molecular flexibility index (Phi) is 3.11. The number of nitrogens with one attached hydrogen (secondary N) is 1. The van der Waals surface area contributed by atoms with E-state index in [2.05, 4.69) is 15.3 Å². The molecule has 0 bridgehead atoms. The molecule has 1 aromatic carbocycles. The van der Waals surface area contributed by atoms with E-state index in [1.807, 2.05) is 12.1 Å². The van der Waals surface area contributed by atoms with Gasteiger partial charge < -0.3 is 5.32 Å². The summed E-state index contributed by atoms with van der Waals surface area (Å²) in [5, 5.41) is 3.05. The van der Waals surface area contributed by atoms with Crippen molar-refractivity contribution in [2.75, 3.05) is 5.88 Å². The number of alkyl halides is 1. The van der Waals surface area contributed by atoms with E-state index in [4.69, 9.17) is 11.6 Å². The molecule has 1 fully saturated rings. The van der Waals surface area contributed by atoms with Gasteiger partial charge in [0.15, 0.2) is 0 Å². The number of halogens is 1. The normalized spacial score (nSPS) is 16.9. The van der Waals surface area contributed by atoms with Crippen molar-refractivity contribution in [3.63, 3.8) is 0 Å². The number of aromatic nitrogens is 2. The predicted molar refractivity (Wildman–Crippen MR) is 74.3 cm³/mol. The minimum Gasteiger partial charge on any atom is -0.345 e. The first kappa shape index (κ1) is 12.4. The zero-order chi connectivity index (χ0) is 13.3. The summed E-state index contributed by atoms with van der Waals surface area (Å²) in [6, 6.07) is 5.44. The third-order valence-corrected chi connectivity index (χ3v) is 4.20. The van der Waals surface area contributed by atoms with Crippen molar-refractivity contribution in [1.29, 1.82) is 0 Å². The number of carbonyl (C=O) groups excluding carboxylic acids is 1. The van der Waals surface area contributed by atoms with Crippen molar-refractivity contribution in [3.8, 4) is 0 Å². The summed E-state index contributed by atoms with van der Waals surface area (Å²) in [6.07, 6.45) is 6.22. The van der Waals surface area contributed by atoms with Crippen LogP contribution in [0.5, 0.6) is 0 Å². The topological polar surface area (TPSA) is 54.9 Å². The first-order valence-corrected chi connectivity index (χ1v) is 6.86. The predicted octanol–water partition coefficient (Wildman–Crippen LogP) is 2.52. The van der Waals surface area contributed by atoms with Crippen LogP contribution >= 0.6 is 11.6 Å². The lowest BCUT2D eigenvalue weighted by molar-refractivity contribution is 0.0855. The molecule has 98 valence electrons. The molecule has 1 N–H and O–H groups in total. The van der Waals surface area contributed by atoms with Gasteiger partial charge in [-0.15, -0.1) is 11.6 Å². The molecule has 1 aromatic heterocycles. The molecule has 4 nitrogen and oxygen atoms in total. The fourth-order valence-corrected chi connectivity index (χ4v) is 2.71. The van der Waals surface area contributed by atoms with E-state index >= 15 is 0 Å². The van der Waals surface area contributed by atoms with Gasteiger partial charge in [0, 0.05) is 18.3 Å². The van der Waals surface area contributed by atoms with E-state index in [0.29, 0.717) is 17.0 Å². The Morgan fingerprint density at radius 3 is 2.79 bits per heavy atom. The fourth-order valence-electron chi connectivity index (χ4n) is 2.38. The summed E-state index contributed by atoms with van der Waals surface area (Å²) in [5.41, 5.74) is 1.68. The number of nitrogens with zero attached hydrogens (tertiary/aromatic N) is 2. The van der Waals surface area contributed by atoms with Crippen molar-refractivity contribution < 1.29 is 4.79 Å². The highest BCUT2D eigenvalue weighted by atomic mass is 35.5. The van der Waals surface area contributed by atoms with E-state index in [9.17, 15) is 4.79 Å². The van der Waals surface area contributed by atoms with Gasteiger partial charge in [-0.1, -0.05) is 6.07 Å². The quantitative estimate of drug-likeness (QED) is 0.876. The number of para-hydroxylation sites is 1. The van der Waals surface area contributed by atoms with E-state index in [-0.39, 0.29) is 11.4 Å². The van der Waals surface area contributed by atoms with Crippen LogP contribution in [0.1, 0.15) is 29.6 Å². The van der Waals surface area contributed by atoms with Crippen LogP contribution in [0.15, 0.2) is 30.6 Å². The van der Waals surface area contributed by atoms with E-state index in [0.717, 1.165) is 24.8 Å². The molecule has 0 radical (unpaired) electrons. The smallest absolute Gasteiger partial charge is 0.254 e. The van der Waals surface area contributed by atoms with Gasteiger partial charge in [0.05, 0.1) is 16.6 Å². The Bertz CT molecular complexity index is 614. The summed E-state index contributed by atoms with van der Waals surface area (Å²) in [5.74, 6) is 0.335. The molecule has 1 amide bonds. The molecule has 2 aromatic rings. The number of hydrogen-bond acceptors (Lipinski definition) is 3. The van der Waals surface area contributed by atoms with E-state index in [1.54, 1.807) is 18.5 Å². The molecular weight excluding hydrogens is 262 g/mol. The monoisotopic (exact) mass is 275 g/mol. The summed E-state index contributed by atoms with van der Waals surface area (Å²) < 4.78 is 0. The van der Waals surface area contributed by atoms with Gasteiger partial charge in [-0.05, 0) is 31.4 Å². The van der Waals surface area contributed by atoms with Gasteiger partial charge in [-0.25, -0.2) is 0 Å². The second kappa shape index (κ2) is 4.78. The highest BCUT2D eigenvalue weighted by Gasteiger charge is 2.37. The van der Waals surface area contributed by atoms with Gasteiger partial charge in [-0.2, -0.15) is 0 Å². The molecule has 5 heteroatoms. The van der Waals surface area contributed by atoms with Crippen LogP contribution in [0.25, 0.3) is 11.0 Å². The number of hydrogen-bond donors (Lipinski definition) is 1. The van der Waals surface area contributed by atoms with Crippen LogP contribution in [0, 0.1) is 0 Å². The largest absolute Gasteiger partial charge is 0.345 e. The lowest BCUT2D eigenvalue weighted by Gasteiger charge is -2.41. The Hall–Kier alpha value is -1.68. The molecule has 0 aliphatic heterocycles. The zero-order valence-electron chi connectivity index (χ0n) is 10.4. The molecule has 19 heavy (non-hydrogen) atoms. The first-order chi connectivity index (χ1) is 9.24. The highest BCUT2D eigenvalue weighted by molar-refractivity contribution is 6.19. The average molecular weight is 276 g/mol. The Labute approximate surface area is 116 Å². The van der Waals surface area contributed by atoms with Crippen molar-refractivity contribution in [2.24, 2.45) is 0 Å². The maximum absolute atomic E-state index is 12.4. The molecular formula is C14H14ClN3O. The summed E-state index contributed by atoms with van der Waals surface area (Å²) in [7, 11) is 0. The number of amides is 1. The Morgan fingerprint density at radius 1 is 1.32 bits per heavy atom. The number of benzene rings is 1. The van der Waals surface area contributed by atoms with Gasteiger partial charge in [-0.3, -0.25) is 14.8 Å². The number of fused-ring (bicyclic) bond motifs is 1. The van der Waals surface area contributed by atoms with Crippen molar-refractivity contribution in [1.82, 2.24) is 15.3 Å². The van der Waals surface area contributed by atoms with Crippen LogP contribution in [0.4, 0.5) is 0 Å². The number of rotatable bonds is 3. The van der Waals surface area contributed by atoms with Gasteiger partial charge in [0.2, 0.25) is 0 Å². The van der Waals surface area contributed by atoms with Crippen LogP contribution < -0.4 is 5.32 Å². The maximum atomic E-state index is 12.4. The molecule has 0 saturated heterocycles. The molecule has 1 saturated carbocycles. The summed E-state index contributed by atoms with van der Waals surface area (Å²) >= 11 is 5.97. The van der Waals surface area contributed by atoms with Gasteiger partial charge >= 0.3 is 0 Å². The second-order valence-corrected chi connectivity index (χ2v) is 5.22. The minimum absolute atomic E-state index is 0.119. The van der Waals surface area contributed by atoms with E-state index < -0.39 is 0 Å². The fraction of sp³-hybridized carbons (Fsp3) is 0.357. The standard InChI is InChI=1S/C14H14ClN3O/c15-9-14(5-2-6-14)18-13(19)10-3-1-4-11-12(10)17-8-7-16-11/h1,3-4,7-8H,2,5-6,9H2,(H,18,19). The molecule has 0 atom stereocenters. The molecule has 0 spiro atoms. The minimum atomic E-state index is -0.233. The van der Waals surface area contributed by atoms with Crippen molar-refractivity contribution >= 4 is 28.5 Å². The van der Waals surface area contributed by atoms with Gasteiger partial charge in [0.25, 0.3) is 5.91 Å². The SMILES string of the molecule is O=C(NC1(CCl)CCC1)c1cccc2nccnc12. The first-order valence-electron chi connectivity index (χ1n) is 6.32. The third kappa shape index (κ3) is 2.16. The second-order valence-electron chi connectivity index (χ2n) is 4.95. The summed E-state index contributed by atoms with van der Waals surface area (Å²) in [6.45, 7) is 0. The lowest BCUT2D eigenvalue weighted by Crippen LogP contribution is -2.55. The average Bonchev–Trinajstić information content (AvgIpc) is 2.42. The Balaban J connectivity index is 1.93. The van der Waals surface area contributed by atoms with Crippen LogP contribution in [-0.4, -0.2) is 27.3 Å². The molecule has 0 unspecified atom stereocenters. The zero-order valence-corrected chi connectivity index (χ0v) is 11.2. The third-order valence-electron chi connectivity index (χ3n) is 3.69. The van der Waals surface area contributed by atoms with E-state index in [1.165, 1.54) is 0 Å². The molecule has 1 aliphatic carbocycles. The number of carbonyl (C=O) groups is 1. The van der Waals surface area contributed by atoms with Gasteiger partial charge in [0.1, 0.15) is 5.52 Å². The van der Waals surface area contributed by atoms with Crippen LogP contribution in [-0.2, 0) is 0 Å². The Morgan fingerprint density at radius 2 is 2.11 bits per heavy atom.